The first-order chi connectivity index (χ1) is 11.2. The third-order valence-electron chi connectivity index (χ3n) is 3.14. The van der Waals surface area contributed by atoms with E-state index in [1.807, 2.05) is 0 Å². The molecule has 0 saturated carbocycles. The van der Waals surface area contributed by atoms with Gasteiger partial charge in [-0.25, -0.2) is 13.1 Å². The van der Waals surface area contributed by atoms with E-state index in [0.29, 0.717) is 19.5 Å². The Bertz CT molecular complexity index is 874. The highest BCUT2D eigenvalue weighted by Crippen LogP contribution is 2.30. The van der Waals surface area contributed by atoms with E-state index >= 15 is 0 Å². The summed E-state index contributed by atoms with van der Waals surface area (Å²) in [4.78, 5) is 11.1. The van der Waals surface area contributed by atoms with Gasteiger partial charge in [-0.05, 0) is 45.8 Å². The lowest BCUT2D eigenvalue weighted by Crippen LogP contribution is -2.30. The topological polar surface area (TPSA) is 83.5 Å². The molecule has 9 heteroatoms. The molecule has 0 fully saturated rings. The molecule has 0 heterocycles. The highest BCUT2D eigenvalue weighted by molar-refractivity contribution is 9.11. The summed E-state index contributed by atoms with van der Waals surface area (Å²) >= 11 is 12.5. The molecular weight excluding hydrogens is 485 g/mol. The fourth-order valence-corrected chi connectivity index (χ4v) is 5.07. The van der Waals surface area contributed by atoms with Crippen LogP contribution in [0.15, 0.2) is 56.3 Å². The summed E-state index contributed by atoms with van der Waals surface area (Å²) in [7, 11) is -3.97. The Morgan fingerprint density at radius 2 is 1.88 bits per heavy atom. The molecule has 128 valence electrons. The molecule has 0 aliphatic heterocycles. The summed E-state index contributed by atoms with van der Waals surface area (Å²) in [5, 5.41) is 9.40. The van der Waals surface area contributed by atoms with Crippen molar-refractivity contribution >= 4 is 59.5 Å². The van der Waals surface area contributed by atoms with Crippen molar-refractivity contribution in [3.05, 3.63) is 62.0 Å². The van der Waals surface area contributed by atoms with Gasteiger partial charge >= 0.3 is 5.97 Å². The number of halogens is 3. The molecule has 0 aliphatic rings. The number of sulfonamides is 1. The summed E-state index contributed by atoms with van der Waals surface area (Å²) in [6, 6.07) is 10.2. The third kappa shape index (κ3) is 4.80. The first kappa shape index (κ1) is 19.4. The minimum atomic E-state index is -3.97. The Morgan fingerprint density at radius 3 is 2.50 bits per heavy atom. The number of benzene rings is 2. The third-order valence-corrected chi connectivity index (χ3v) is 6.44. The number of hydrogen-bond acceptors (Lipinski definition) is 3. The van der Waals surface area contributed by atoms with Crippen LogP contribution in [0.2, 0.25) is 5.02 Å². The predicted molar refractivity (Wildman–Crippen MR) is 98.6 cm³/mol. The van der Waals surface area contributed by atoms with Crippen LogP contribution in [-0.2, 0) is 14.8 Å². The molecule has 1 atom stereocenters. The van der Waals surface area contributed by atoms with Gasteiger partial charge in [-0.15, -0.1) is 0 Å². The lowest BCUT2D eigenvalue weighted by Gasteiger charge is -2.19. The van der Waals surface area contributed by atoms with Gasteiger partial charge < -0.3 is 5.11 Å². The van der Waals surface area contributed by atoms with Crippen LogP contribution in [0.5, 0.6) is 0 Å². The van der Waals surface area contributed by atoms with Crippen molar-refractivity contribution in [3.8, 4) is 0 Å². The lowest BCUT2D eigenvalue weighted by atomic mass is 10.1. The summed E-state index contributed by atoms with van der Waals surface area (Å²) in [5.41, 5.74) is 0.399. The number of aliphatic carboxylic acids is 1. The van der Waals surface area contributed by atoms with E-state index < -0.39 is 28.5 Å². The second-order valence-corrected chi connectivity index (χ2v) is 8.73. The van der Waals surface area contributed by atoms with Gasteiger partial charge in [0.2, 0.25) is 10.0 Å². The van der Waals surface area contributed by atoms with Crippen molar-refractivity contribution in [2.45, 2.75) is 17.4 Å². The molecule has 0 aliphatic carbocycles. The monoisotopic (exact) mass is 495 g/mol. The van der Waals surface area contributed by atoms with E-state index in [0.717, 1.165) is 0 Å². The molecule has 2 aromatic carbocycles. The summed E-state index contributed by atoms with van der Waals surface area (Å²) < 4.78 is 28.7. The Hall–Kier alpha value is -0.930. The quantitative estimate of drug-likeness (QED) is 0.621. The molecule has 2 aromatic rings. The molecular formula is C15H12Br2ClNO4S. The van der Waals surface area contributed by atoms with Gasteiger partial charge in [0.05, 0.1) is 17.4 Å². The minimum Gasteiger partial charge on any atom is -0.481 e. The van der Waals surface area contributed by atoms with Crippen LogP contribution in [0.1, 0.15) is 18.0 Å². The Labute approximate surface area is 161 Å². The number of nitrogens with one attached hydrogen (secondary N) is 1. The Balaban J connectivity index is 2.44. The van der Waals surface area contributed by atoms with Crippen LogP contribution in [0.4, 0.5) is 0 Å². The van der Waals surface area contributed by atoms with Crippen LogP contribution in [0.3, 0.4) is 0 Å². The molecule has 2 rings (SSSR count). The first-order valence-electron chi connectivity index (χ1n) is 6.64. The van der Waals surface area contributed by atoms with E-state index in [2.05, 4.69) is 36.6 Å². The number of hydrogen-bond donors (Lipinski definition) is 2. The van der Waals surface area contributed by atoms with Gasteiger partial charge in [0, 0.05) is 14.0 Å². The van der Waals surface area contributed by atoms with Crippen molar-refractivity contribution in [1.29, 1.82) is 0 Å². The zero-order valence-corrected chi connectivity index (χ0v) is 16.8. The number of carboxylic acid groups (broad SMARTS) is 1. The first-order valence-corrected chi connectivity index (χ1v) is 10.1. The Kier molecular flexibility index (Phi) is 6.44. The van der Waals surface area contributed by atoms with Gasteiger partial charge in [0.15, 0.2) is 0 Å². The zero-order valence-electron chi connectivity index (χ0n) is 12.0. The lowest BCUT2D eigenvalue weighted by molar-refractivity contribution is -0.137. The van der Waals surface area contributed by atoms with E-state index in [1.165, 1.54) is 6.07 Å². The Morgan fingerprint density at radius 1 is 1.21 bits per heavy atom. The number of carbonyl (C=O) groups is 1. The standard InChI is InChI=1S/C15H12Br2ClNO4S/c16-9-5-6-11(17)14(7-9)24(22,23)19-13(8-15(20)21)10-3-1-2-4-12(10)18/h1-7,13,19H,8H2,(H,20,21)/t13-/m1/s1. The highest BCUT2D eigenvalue weighted by atomic mass is 79.9. The molecule has 0 amide bonds. The average molecular weight is 498 g/mol. The van der Waals surface area contributed by atoms with E-state index in [-0.39, 0.29) is 4.90 Å². The van der Waals surface area contributed by atoms with Crippen LogP contribution in [-0.4, -0.2) is 19.5 Å². The minimum absolute atomic E-state index is 0.000632. The second kappa shape index (κ2) is 7.97. The number of carboxylic acids is 1. The van der Waals surface area contributed by atoms with Gasteiger partial charge in [-0.3, -0.25) is 4.79 Å². The number of rotatable bonds is 6. The van der Waals surface area contributed by atoms with Crippen molar-refractivity contribution in [2.24, 2.45) is 0 Å². The molecule has 0 unspecified atom stereocenters. The summed E-state index contributed by atoms with van der Waals surface area (Å²) in [6.07, 6.45) is -0.436. The smallest absolute Gasteiger partial charge is 0.305 e. The maximum Gasteiger partial charge on any atom is 0.305 e. The van der Waals surface area contributed by atoms with E-state index in [1.54, 1.807) is 36.4 Å². The van der Waals surface area contributed by atoms with Gasteiger partial charge in [0.1, 0.15) is 0 Å². The van der Waals surface area contributed by atoms with E-state index in [4.69, 9.17) is 16.7 Å². The molecule has 5 nitrogen and oxygen atoms in total. The largest absolute Gasteiger partial charge is 0.481 e. The van der Waals surface area contributed by atoms with Crippen molar-refractivity contribution in [3.63, 3.8) is 0 Å². The van der Waals surface area contributed by atoms with Crippen LogP contribution >= 0.6 is 43.5 Å². The normalized spacial score (nSPS) is 12.8. The molecule has 24 heavy (non-hydrogen) atoms. The van der Waals surface area contributed by atoms with Crippen molar-refractivity contribution in [2.75, 3.05) is 0 Å². The molecule has 0 spiro atoms. The molecule has 0 bridgehead atoms. The van der Waals surface area contributed by atoms with Gasteiger partial charge in [-0.2, -0.15) is 0 Å². The summed E-state index contributed by atoms with van der Waals surface area (Å²) in [5.74, 6) is -1.14. The summed E-state index contributed by atoms with van der Waals surface area (Å²) in [6.45, 7) is 0. The van der Waals surface area contributed by atoms with Crippen LogP contribution in [0, 0.1) is 0 Å². The average Bonchev–Trinajstić information content (AvgIpc) is 2.48. The molecule has 0 radical (unpaired) electrons. The van der Waals surface area contributed by atoms with Crippen LogP contribution < -0.4 is 4.72 Å². The predicted octanol–water partition coefficient (Wildman–Crippen LogP) is 4.36. The maximum absolute atomic E-state index is 12.7. The van der Waals surface area contributed by atoms with Crippen LogP contribution in [0.25, 0.3) is 0 Å². The van der Waals surface area contributed by atoms with Gasteiger partial charge in [-0.1, -0.05) is 45.7 Å². The maximum atomic E-state index is 12.7. The fraction of sp³-hybridized carbons (Fsp3) is 0.133. The van der Waals surface area contributed by atoms with E-state index in [9.17, 15) is 13.2 Å². The van der Waals surface area contributed by atoms with Gasteiger partial charge in [0.25, 0.3) is 0 Å². The fourth-order valence-electron chi connectivity index (χ4n) is 2.08. The molecule has 2 N–H and O–H groups in total. The second-order valence-electron chi connectivity index (χ2n) is 4.87. The van der Waals surface area contributed by atoms with Crippen molar-refractivity contribution < 1.29 is 18.3 Å². The SMILES string of the molecule is O=C(O)C[C@@H](NS(=O)(=O)c1cc(Br)ccc1Br)c1ccccc1Cl. The highest BCUT2D eigenvalue weighted by Gasteiger charge is 2.26. The molecule has 0 aromatic heterocycles. The van der Waals surface area contributed by atoms with Crippen molar-refractivity contribution in [1.82, 2.24) is 4.72 Å². The zero-order chi connectivity index (χ0) is 17.9. The molecule has 0 saturated heterocycles.